The van der Waals surface area contributed by atoms with Crippen LogP contribution in [0, 0.1) is 11.3 Å². The summed E-state index contributed by atoms with van der Waals surface area (Å²) in [5.41, 5.74) is 2.43. The molecule has 0 radical (unpaired) electrons. The lowest BCUT2D eigenvalue weighted by Gasteiger charge is -2.05. The average Bonchev–Trinajstić information content (AvgIpc) is 3.15. The highest BCUT2D eigenvalue weighted by molar-refractivity contribution is 7.85. The number of aromatic carboxylic acids is 1. The molecule has 1 aromatic heterocycles. The Morgan fingerprint density at radius 3 is 2.65 bits per heavy atom. The van der Waals surface area contributed by atoms with Gasteiger partial charge in [-0.25, -0.2) is 4.79 Å². The Hall–Kier alpha value is -2.50. The Balaban J connectivity index is 1.59. The molecule has 8 heteroatoms. The van der Waals surface area contributed by atoms with Crippen LogP contribution < -0.4 is 5.32 Å². The first-order valence-electron chi connectivity index (χ1n) is 7.99. The van der Waals surface area contributed by atoms with Gasteiger partial charge in [0.1, 0.15) is 16.8 Å². The van der Waals surface area contributed by atoms with Crippen molar-refractivity contribution in [1.82, 2.24) is 0 Å². The minimum absolute atomic E-state index is 0.159. The Bertz CT molecular complexity index is 926. The Morgan fingerprint density at radius 1 is 1.27 bits per heavy atom. The van der Waals surface area contributed by atoms with Crippen molar-refractivity contribution in [2.75, 3.05) is 11.1 Å². The van der Waals surface area contributed by atoms with Gasteiger partial charge in [-0.3, -0.25) is 9.00 Å². The topological polar surface area (TPSA) is 107 Å². The molecule has 1 atom stereocenters. The second kappa shape index (κ2) is 7.81. The Kier molecular flexibility index (Phi) is 5.49. The largest absolute Gasteiger partial charge is 0.478 e. The molecular weight excluding hydrogens is 372 g/mol. The highest BCUT2D eigenvalue weighted by atomic mass is 32.2. The van der Waals surface area contributed by atoms with E-state index in [1.807, 2.05) is 0 Å². The first-order chi connectivity index (χ1) is 12.5. The molecule has 1 aliphatic carbocycles. The number of amides is 1. The van der Waals surface area contributed by atoms with Crippen LogP contribution >= 0.6 is 11.3 Å². The summed E-state index contributed by atoms with van der Waals surface area (Å²) in [6, 6.07) is 8.24. The molecule has 0 saturated carbocycles. The van der Waals surface area contributed by atoms with Gasteiger partial charge in [-0.05, 0) is 42.5 Å². The van der Waals surface area contributed by atoms with Crippen LogP contribution in [0.15, 0.2) is 24.3 Å². The van der Waals surface area contributed by atoms with Crippen LogP contribution in [0.3, 0.4) is 0 Å². The van der Waals surface area contributed by atoms with Crippen molar-refractivity contribution in [2.24, 2.45) is 0 Å². The maximum Gasteiger partial charge on any atom is 0.335 e. The maximum absolute atomic E-state index is 12.2. The van der Waals surface area contributed by atoms with Gasteiger partial charge in [-0.15, -0.1) is 11.3 Å². The van der Waals surface area contributed by atoms with E-state index in [2.05, 4.69) is 11.4 Å². The van der Waals surface area contributed by atoms with Crippen LogP contribution in [0.2, 0.25) is 0 Å². The number of hydrogen-bond acceptors (Lipinski definition) is 5. The number of hydrogen-bond donors (Lipinski definition) is 2. The zero-order valence-corrected chi connectivity index (χ0v) is 15.4. The molecule has 0 fully saturated rings. The number of rotatable bonds is 6. The molecule has 2 N–H and O–H groups in total. The molecule has 1 aromatic carbocycles. The number of carboxylic acid groups (broad SMARTS) is 1. The fourth-order valence-corrected chi connectivity index (χ4v) is 5.19. The van der Waals surface area contributed by atoms with E-state index in [0.717, 1.165) is 29.7 Å². The van der Waals surface area contributed by atoms with Crippen LogP contribution in [0.5, 0.6) is 0 Å². The third-order valence-corrected chi connectivity index (χ3v) is 6.55. The van der Waals surface area contributed by atoms with Crippen molar-refractivity contribution in [3.8, 4) is 6.07 Å². The summed E-state index contributed by atoms with van der Waals surface area (Å²) in [4.78, 5) is 24.1. The third kappa shape index (κ3) is 4.00. The summed E-state index contributed by atoms with van der Waals surface area (Å²) in [7, 11) is -1.42. The second-order valence-corrected chi connectivity index (χ2v) is 8.51. The lowest BCUT2D eigenvalue weighted by molar-refractivity contribution is -0.113. The first kappa shape index (κ1) is 18.3. The number of nitriles is 1. The number of anilines is 1. The lowest BCUT2D eigenvalue weighted by Crippen LogP contribution is -2.20. The zero-order chi connectivity index (χ0) is 18.7. The second-order valence-electron chi connectivity index (χ2n) is 5.95. The van der Waals surface area contributed by atoms with E-state index in [1.54, 1.807) is 12.1 Å². The number of carbonyl (C=O) groups is 2. The number of carboxylic acids is 1. The van der Waals surface area contributed by atoms with Gasteiger partial charge in [0.25, 0.3) is 0 Å². The average molecular weight is 388 g/mol. The van der Waals surface area contributed by atoms with Crippen LogP contribution in [-0.2, 0) is 34.2 Å². The number of carbonyl (C=O) groups excluding carboxylic acids is 1. The lowest BCUT2D eigenvalue weighted by atomic mass is 10.1. The molecule has 2 aromatic rings. The number of fused-ring (bicyclic) bond motifs is 1. The molecular formula is C18H16N2O4S2. The summed E-state index contributed by atoms with van der Waals surface area (Å²) >= 11 is 1.43. The summed E-state index contributed by atoms with van der Waals surface area (Å²) < 4.78 is 12.2. The number of nitrogens with zero attached hydrogens (tertiary/aromatic N) is 1. The predicted octanol–water partition coefficient (Wildman–Crippen LogP) is 2.69. The molecule has 0 bridgehead atoms. The minimum atomic E-state index is -1.42. The molecule has 1 aliphatic rings. The Morgan fingerprint density at radius 2 is 2.00 bits per heavy atom. The van der Waals surface area contributed by atoms with Gasteiger partial charge in [-0.1, -0.05) is 12.1 Å². The van der Waals surface area contributed by atoms with Gasteiger partial charge in [0, 0.05) is 21.4 Å². The molecule has 0 saturated heterocycles. The van der Waals surface area contributed by atoms with E-state index in [-0.39, 0.29) is 23.0 Å². The minimum Gasteiger partial charge on any atom is -0.478 e. The third-order valence-electron chi connectivity index (χ3n) is 4.11. The van der Waals surface area contributed by atoms with E-state index in [4.69, 9.17) is 5.11 Å². The van der Waals surface area contributed by atoms with Crippen molar-refractivity contribution in [1.29, 1.82) is 5.26 Å². The summed E-state index contributed by atoms with van der Waals surface area (Å²) in [6.45, 7) is 0. The maximum atomic E-state index is 12.2. The number of aryl methyl sites for hydroxylation is 1. The summed E-state index contributed by atoms with van der Waals surface area (Å²) in [5, 5.41) is 21.5. The van der Waals surface area contributed by atoms with Crippen molar-refractivity contribution >= 4 is 39.0 Å². The molecule has 6 nitrogen and oxygen atoms in total. The molecule has 1 unspecified atom stereocenters. The van der Waals surface area contributed by atoms with Gasteiger partial charge in [0.15, 0.2) is 0 Å². The summed E-state index contributed by atoms with van der Waals surface area (Å²) in [5.74, 6) is -1.41. The molecule has 134 valence electrons. The van der Waals surface area contributed by atoms with Crippen LogP contribution in [0.4, 0.5) is 5.00 Å². The number of benzene rings is 1. The fraction of sp³-hybridized carbons (Fsp3) is 0.278. The zero-order valence-electron chi connectivity index (χ0n) is 13.8. The molecule has 1 amide bonds. The highest BCUT2D eigenvalue weighted by Crippen LogP contribution is 2.38. The van der Waals surface area contributed by atoms with E-state index < -0.39 is 16.8 Å². The van der Waals surface area contributed by atoms with Crippen LogP contribution in [0.25, 0.3) is 0 Å². The Labute approximate surface area is 156 Å². The standard InChI is InChI=1S/C18H16N2O4S2/c19-8-14-13-2-1-3-15(13)25-17(14)20-16(21)10-26(24)9-11-4-6-12(7-5-11)18(22)23/h4-7H,1-3,9-10H2,(H,20,21)(H,22,23). The van der Waals surface area contributed by atoms with Gasteiger partial charge < -0.3 is 10.4 Å². The smallest absolute Gasteiger partial charge is 0.335 e. The van der Waals surface area contributed by atoms with E-state index in [0.29, 0.717) is 16.1 Å². The van der Waals surface area contributed by atoms with Crippen molar-refractivity contribution in [2.45, 2.75) is 25.0 Å². The van der Waals surface area contributed by atoms with E-state index in [9.17, 15) is 19.1 Å². The molecule has 26 heavy (non-hydrogen) atoms. The monoisotopic (exact) mass is 388 g/mol. The van der Waals surface area contributed by atoms with Crippen molar-refractivity contribution in [3.05, 3.63) is 51.4 Å². The predicted molar refractivity (Wildman–Crippen MR) is 99.8 cm³/mol. The van der Waals surface area contributed by atoms with Crippen LogP contribution in [-0.4, -0.2) is 26.9 Å². The summed E-state index contributed by atoms with van der Waals surface area (Å²) in [6.07, 6.45) is 2.83. The van der Waals surface area contributed by atoms with Gasteiger partial charge >= 0.3 is 5.97 Å². The van der Waals surface area contributed by atoms with Crippen LogP contribution in [0.1, 0.15) is 38.3 Å². The number of nitrogens with one attached hydrogen (secondary N) is 1. The van der Waals surface area contributed by atoms with Gasteiger partial charge in [0.05, 0.1) is 11.1 Å². The molecule has 3 rings (SSSR count). The van der Waals surface area contributed by atoms with Crippen molar-refractivity contribution < 1.29 is 18.9 Å². The molecule has 0 spiro atoms. The molecule has 1 heterocycles. The highest BCUT2D eigenvalue weighted by Gasteiger charge is 2.23. The normalized spacial score (nSPS) is 13.7. The van der Waals surface area contributed by atoms with Gasteiger partial charge in [-0.2, -0.15) is 5.26 Å². The number of thiophene rings is 1. The van der Waals surface area contributed by atoms with Crippen molar-refractivity contribution in [3.63, 3.8) is 0 Å². The quantitative estimate of drug-likeness (QED) is 0.791. The van der Waals surface area contributed by atoms with Gasteiger partial charge in [0.2, 0.25) is 5.91 Å². The fourth-order valence-electron chi connectivity index (χ4n) is 2.90. The SMILES string of the molecule is N#Cc1c(NC(=O)CS(=O)Cc2ccc(C(=O)O)cc2)sc2c1CCC2. The molecule has 0 aliphatic heterocycles. The van der Waals surface area contributed by atoms with E-state index in [1.165, 1.54) is 23.5 Å². The van der Waals surface area contributed by atoms with E-state index >= 15 is 0 Å². The first-order valence-corrected chi connectivity index (χ1v) is 10.3.